The van der Waals surface area contributed by atoms with Crippen LogP contribution in [0.15, 0.2) is 24.3 Å². The van der Waals surface area contributed by atoms with Gasteiger partial charge in [-0.1, -0.05) is 6.07 Å². The van der Waals surface area contributed by atoms with Gasteiger partial charge in [-0.15, -0.1) is 0 Å². The van der Waals surface area contributed by atoms with Crippen molar-refractivity contribution >= 4 is 29.2 Å². The lowest BCUT2D eigenvalue weighted by Crippen LogP contribution is -2.44. The standard InChI is InChI=1S/C15H20N4O3/c1-9(13(20)19-15(22)16-2)17-11-4-3-5-12(8-11)18-14(21)10-6-7-10/h3-5,8-10,17H,6-7H2,1-2H3,(H,18,21)(H2,16,19,20,22)/t9-/m1/s1. The highest BCUT2D eigenvalue weighted by molar-refractivity contribution is 5.98. The second kappa shape index (κ2) is 6.93. The van der Waals surface area contributed by atoms with Crippen LogP contribution in [-0.2, 0) is 9.59 Å². The minimum Gasteiger partial charge on any atom is -0.374 e. The third-order valence-corrected chi connectivity index (χ3v) is 3.32. The van der Waals surface area contributed by atoms with E-state index < -0.39 is 18.0 Å². The summed E-state index contributed by atoms with van der Waals surface area (Å²) in [4.78, 5) is 34.6. The maximum Gasteiger partial charge on any atom is 0.321 e. The number of rotatable bonds is 5. The van der Waals surface area contributed by atoms with Gasteiger partial charge in [0.1, 0.15) is 6.04 Å². The smallest absolute Gasteiger partial charge is 0.321 e. The summed E-state index contributed by atoms with van der Waals surface area (Å²) in [7, 11) is 1.44. The molecule has 1 aliphatic carbocycles. The molecular formula is C15H20N4O3. The summed E-state index contributed by atoms with van der Waals surface area (Å²) in [6.07, 6.45) is 1.89. The van der Waals surface area contributed by atoms with Crippen molar-refractivity contribution in [3.8, 4) is 0 Å². The Balaban J connectivity index is 1.92. The number of benzene rings is 1. The van der Waals surface area contributed by atoms with Crippen LogP contribution in [0.5, 0.6) is 0 Å². The van der Waals surface area contributed by atoms with Crippen molar-refractivity contribution in [1.29, 1.82) is 0 Å². The summed E-state index contributed by atoms with van der Waals surface area (Å²) in [6, 6.07) is 5.98. The van der Waals surface area contributed by atoms with E-state index in [9.17, 15) is 14.4 Å². The molecule has 118 valence electrons. The molecule has 0 radical (unpaired) electrons. The molecule has 1 aromatic carbocycles. The second-order valence-corrected chi connectivity index (χ2v) is 5.28. The first-order valence-electron chi connectivity index (χ1n) is 7.19. The lowest BCUT2D eigenvalue weighted by molar-refractivity contribution is -0.120. The quantitative estimate of drug-likeness (QED) is 0.658. The summed E-state index contributed by atoms with van der Waals surface area (Å²) in [5.41, 5.74) is 1.37. The Morgan fingerprint density at radius 1 is 1.18 bits per heavy atom. The Bertz CT molecular complexity index is 584. The highest BCUT2D eigenvalue weighted by Gasteiger charge is 2.29. The first-order valence-corrected chi connectivity index (χ1v) is 7.19. The van der Waals surface area contributed by atoms with E-state index in [1.165, 1.54) is 7.05 Å². The van der Waals surface area contributed by atoms with E-state index in [1.807, 2.05) is 0 Å². The fourth-order valence-corrected chi connectivity index (χ4v) is 1.87. The van der Waals surface area contributed by atoms with Crippen LogP contribution in [0.3, 0.4) is 0 Å². The van der Waals surface area contributed by atoms with Gasteiger partial charge in [0.15, 0.2) is 0 Å². The van der Waals surface area contributed by atoms with Gasteiger partial charge >= 0.3 is 6.03 Å². The lowest BCUT2D eigenvalue weighted by atomic mass is 10.2. The van der Waals surface area contributed by atoms with Crippen molar-refractivity contribution in [3.63, 3.8) is 0 Å². The lowest BCUT2D eigenvalue weighted by Gasteiger charge is -2.15. The predicted octanol–water partition coefficient (Wildman–Crippen LogP) is 1.29. The summed E-state index contributed by atoms with van der Waals surface area (Å²) < 4.78 is 0. The van der Waals surface area contributed by atoms with Crippen LogP contribution < -0.4 is 21.3 Å². The highest BCUT2D eigenvalue weighted by Crippen LogP contribution is 2.30. The van der Waals surface area contributed by atoms with Crippen LogP contribution in [0, 0.1) is 5.92 Å². The molecule has 0 bridgehead atoms. The van der Waals surface area contributed by atoms with Crippen molar-refractivity contribution < 1.29 is 14.4 Å². The Morgan fingerprint density at radius 3 is 2.50 bits per heavy atom. The van der Waals surface area contributed by atoms with E-state index in [0.717, 1.165) is 12.8 Å². The third-order valence-electron chi connectivity index (χ3n) is 3.32. The maximum atomic E-state index is 11.8. The largest absolute Gasteiger partial charge is 0.374 e. The number of imide groups is 1. The fourth-order valence-electron chi connectivity index (χ4n) is 1.87. The van der Waals surface area contributed by atoms with E-state index in [4.69, 9.17) is 0 Å². The van der Waals surface area contributed by atoms with E-state index in [2.05, 4.69) is 21.3 Å². The second-order valence-electron chi connectivity index (χ2n) is 5.28. The normalized spacial score (nSPS) is 14.6. The fraction of sp³-hybridized carbons (Fsp3) is 0.400. The number of urea groups is 1. The molecule has 0 unspecified atom stereocenters. The molecule has 4 N–H and O–H groups in total. The summed E-state index contributed by atoms with van der Waals surface area (Å²) in [5, 5.41) is 10.3. The highest BCUT2D eigenvalue weighted by atomic mass is 16.2. The molecule has 22 heavy (non-hydrogen) atoms. The zero-order chi connectivity index (χ0) is 16.1. The molecule has 1 fully saturated rings. The molecule has 0 spiro atoms. The van der Waals surface area contributed by atoms with Gasteiger partial charge in [-0.2, -0.15) is 0 Å². The van der Waals surface area contributed by atoms with Crippen LogP contribution in [0.4, 0.5) is 16.2 Å². The molecule has 1 aliphatic rings. The number of hydrogen-bond donors (Lipinski definition) is 4. The van der Waals surface area contributed by atoms with Gasteiger partial charge in [0, 0.05) is 24.3 Å². The summed E-state index contributed by atoms with van der Waals surface area (Å²) in [6.45, 7) is 1.65. The molecule has 0 saturated heterocycles. The summed E-state index contributed by atoms with van der Waals surface area (Å²) >= 11 is 0. The zero-order valence-corrected chi connectivity index (χ0v) is 12.6. The molecular weight excluding hydrogens is 284 g/mol. The molecule has 1 aromatic rings. The third kappa shape index (κ3) is 4.47. The molecule has 0 heterocycles. The molecule has 1 saturated carbocycles. The van der Waals surface area contributed by atoms with E-state index >= 15 is 0 Å². The van der Waals surface area contributed by atoms with Crippen LogP contribution in [-0.4, -0.2) is 30.9 Å². The van der Waals surface area contributed by atoms with Gasteiger partial charge in [-0.05, 0) is 38.0 Å². The van der Waals surface area contributed by atoms with Crippen molar-refractivity contribution in [2.75, 3.05) is 17.7 Å². The van der Waals surface area contributed by atoms with Crippen molar-refractivity contribution in [2.24, 2.45) is 5.92 Å². The van der Waals surface area contributed by atoms with Gasteiger partial charge in [-0.3, -0.25) is 14.9 Å². The van der Waals surface area contributed by atoms with Crippen LogP contribution in [0.1, 0.15) is 19.8 Å². The van der Waals surface area contributed by atoms with Crippen molar-refractivity contribution in [3.05, 3.63) is 24.3 Å². The van der Waals surface area contributed by atoms with E-state index in [0.29, 0.717) is 11.4 Å². The number of carbonyl (C=O) groups excluding carboxylic acids is 3. The zero-order valence-electron chi connectivity index (χ0n) is 12.6. The molecule has 1 atom stereocenters. The van der Waals surface area contributed by atoms with Crippen LogP contribution in [0.2, 0.25) is 0 Å². The van der Waals surface area contributed by atoms with Crippen LogP contribution in [0.25, 0.3) is 0 Å². The molecule has 7 heteroatoms. The molecule has 0 aromatic heterocycles. The molecule has 7 nitrogen and oxygen atoms in total. The van der Waals surface area contributed by atoms with Gasteiger partial charge in [-0.25, -0.2) is 4.79 Å². The SMILES string of the molecule is CNC(=O)NC(=O)[C@@H](C)Nc1cccc(NC(=O)C2CC2)c1. The van der Waals surface area contributed by atoms with Crippen molar-refractivity contribution in [2.45, 2.75) is 25.8 Å². The number of carbonyl (C=O) groups is 3. The van der Waals surface area contributed by atoms with E-state index in [-0.39, 0.29) is 11.8 Å². The first-order chi connectivity index (χ1) is 10.5. The van der Waals surface area contributed by atoms with Gasteiger partial charge < -0.3 is 16.0 Å². The Labute approximate surface area is 128 Å². The predicted molar refractivity (Wildman–Crippen MR) is 83.5 cm³/mol. The number of anilines is 2. The van der Waals surface area contributed by atoms with Gasteiger partial charge in [0.25, 0.3) is 0 Å². The first kappa shape index (κ1) is 15.8. The average Bonchev–Trinajstić information content (AvgIpc) is 3.32. The average molecular weight is 304 g/mol. The molecule has 2 rings (SSSR count). The topological polar surface area (TPSA) is 99.3 Å². The van der Waals surface area contributed by atoms with Crippen molar-refractivity contribution in [1.82, 2.24) is 10.6 Å². The number of amides is 4. The Kier molecular flexibility index (Phi) is 4.98. The molecule has 0 aliphatic heterocycles. The summed E-state index contributed by atoms with van der Waals surface area (Å²) in [5.74, 6) is -0.275. The van der Waals surface area contributed by atoms with Gasteiger partial charge in [0.05, 0.1) is 0 Å². The minimum absolute atomic E-state index is 0.0301. The Hall–Kier alpha value is -2.57. The number of hydrogen-bond acceptors (Lipinski definition) is 4. The molecule has 4 amide bonds. The van der Waals surface area contributed by atoms with E-state index in [1.54, 1.807) is 31.2 Å². The monoisotopic (exact) mass is 304 g/mol. The Morgan fingerprint density at radius 2 is 1.86 bits per heavy atom. The minimum atomic E-state index is -0.591. The van der Waals surface area contributed by atoms with Crippen LogP contribution >= 0.6 is 0 Å². The van der Waals surface area contributed by atoms with Gasteiger partial charge in [0.2, 0.25) is 11.8 Å². The number of nitrogens with one attached hydrogen (secondary N) is 4. The maximum absolute atomic E-state index is 11.8.